The van der Waals surface area contributed by atoms with Gasteiger partial charge < -0.3 is 14.2 Å². The van der Waals surface area contributed by atoms with Gasteiger partial charge in [-0.1, -0.05) is 19.1 Å². The van der Waals surface area contributed by atoms with Gasteiger partial charge in [0.2, 0.25) is 0 Å². The zero-order valence-corrected chi connectivity index (χ0v) is 10.5. The summed E-state index contributed by atoms with van der Waals surface area (Å²) in [4.78, 5) is 11.9. The third kappa shape index (κ3) is 3.46. The van der Waals surface area contributed by atoms with Crippen molar-refractivity contribution in [2.75, 3.05) is 20.5 Å². The van der Waals surface area contributed by atoms with Crippen LogP contribution in [-0.4, -0.2) is 26.5 Å². The second-order valence-electron chi connectivity index (χ2n) is 3.42. The first-order valence-electron chi connectivity index (χ1n) is 5.65. The zero-order chi connectivity index (χ0) is 12.7. The third-order valence-corrected chi connectivity index (χ3v) is 2.31. The number of aryl methyl sites for hydroxylation is 1. The number of hydrogen-bond acceptors (Lipinski definition) is 4. The highest BCUT2D eigenvalue weighted by Crippen LogP contribution is 2.24. The summed E-state index contributed by atoms with van der Waals surface area (Å²) >= 11 is 0. The molecule has 94 valence electrons. The van der Waals surface area contributed by atoms with Crippen molar-refractivity contribution >= 4 is 5.97 Å². The summed E-state index contributed by atoms with van der Waals surface area (Å²) < 4.78 is 15.2. The van der Waals surface area contributed by atoms with Crippen molar-refractivity contribution in [1.29, 1.82) is 0 Å². The monoisotopic (exact) mass is 238 g/mol. The van der Waals surface area contributed by atoms with E-state index in [2.05, 4.69) is 0 Å². The molecule has 0 amide bonds. The number of carbonyl (C=O) groups is 1. The Morgan fingerprint density at radius 2 is 2.06 bits per heavy atom. The maximum Gasteiger partial charge on any atom is 0.342 e. The van der Waals surface area contributed by atoms with Crippen LogP contribution in [0.2, 0.25) is 0 Å². The van der Waals surface area contributed by atoms with Crippen molar-refractivity contribution in [3.05, 3.63) is 29.3 Å². The van der Waals surface area contributed by atoms with Gasteiger partial charge in [0.15, 0.2) is 6.79 Å². The lowest BCUT2D eigenvalue weighted by atomic mass is 10.0. The van der Waals surface area contributed by atoms with E-state index in [0.29, 0.717) is 17.9 Å². The minimum atomic E-state index is -0.351. The van der Waals surface area contributed by atoms with E-state index in [-0.39, 0.29) is 12.8 Å². The van der Waals surface area contributed by atoms with E-state index in [9.17, 15) is 4.79 Å². The van der Waals surface area contributed by atoms with Crippen LogP contribution in [0.3, 0.4) is 0 Å². The van der Waals surface area contributed by atoms with Gasteiger partial charge in [-0.3, -0.25) is 0 Å². The lowest BCUT2D eigenvalue weighted by molar-refractivity contribution is 0.0436. The molecule has 4 nitrogen and oxygen atoms in total. The Morgan fingerprint density at radius 1 is 1.29 bits per heavy atom. The van der Waals surface area contributed by atoms with Gasteiger partial charge in [0.25, 0.3) is 0 Å². The summed E-state index contributed by atoms with van der Waals surface area (Å²) in [6.45, 7) is 4.22. The summed E-state index contributed by atoms with van der Waals surface area (Å²) in [5, 5.41) is 0. The van der Waals surface area contributed by atoms with Crippen LogP contribution in [0, 0.1) is 0 Å². The molecule has 0 fully saturated rings. The zero-order valence-electron chi connectivity index (χ0n) is 10.5. The van der Waals surface area contributed by atoms with Crippen molar-refractivity contribution < 1.29 is 19.0 Å². The average Bonchev–Trinajstić information content (AvgIpc) is 2.35. The van der Waals surface area contributed by atoms with Crippen molar-refractivity contribution in [2.45, 2.75) is 20.3 Å². The summed E-state index contributed by atoms with van der Waals surface area (Å²) in [6.07, 6.45) is 0.748. The molecule has 1 rings (SSSR count). The average molecular weight is 238 g/mol. The largest absolute Gasteiger partial charge is 0.467 e. The van der Waals surface area contributed by atoms with Crippen LogP contribution in [0.5, 0.6) is 5.75 Å². The summed E-state index contributed by atoms with van der Waals surface area (Å²) in [5.41, 5.74) is 1.41. The molecule has 0 heterocycles. The van der Waals surface area contributed by atoms with E-state index in [4.69, 9.17) is 14.2 Å². The van der Waals surface area contributed by atoms with Crippen LogP contribution in [0.1, 0.15) is 29.8 Å². The summed E-state index contributed by atoms with van der Waals surface area (Å²) in [7, 11) is 1.54. The molecule has 0 atom stereocenters. The molecule has 1 aromatic carbocycles. The molecule has 0 radical (unpaired) electrons. The molecule has 0 saturated carbocycles. The number of ether oxygens (including phenoxy) is 3. The predicted molar refractivity (Wildman–Crippen MR) is 64.3 cm³/mol. The molecule has 0 N–H and O–H groups in total. The maximum absolute atomic E-state index is 11.9. The Balaban J connectivity index is 3.06. The predicted octanol–water partition coefficient (Wildman–Crippen LogP) is 2.41. The minimum Gasteiger partial charge on any atom is -0.467 e. The van der Waals surface area contributed by atoms with Gasteiger partial charge in [-0.15, -0.1) is 0 Å². The van der Waals surface area contributed by atoms with Gasteiger partial charge in [0, 0.05) is 7.11 Å². The summed E-state index contributed by atoms with van der Waals surface area (Å²) in [5.74, 6) is 0.153. The molecule has 0 aliphatic heterocycles. The molecule has 0 aliphatic rings. The third-order valence-electron chi connectivity index (χ3n) is 2.31. The first-order chi connectivity index (χ1) is 8.24. The number of methoxy groups -OCH3 is 1. The van der Waals surface area contributed by atoms with E-state index in [1.165, 1.54) is 7.11 Å². The van der Waals surface area contributed by atoms with Crippen LogP contribution in [0.25, 0.3) is 0 Å². The quantitative estimate of drug-likeness (QED) is 0.564. The highest BCUT2D eigenvalue weighted by atomic mass is 16.7. The van der Waals surface area contributed by atoms with Crippen molar-refractivity contribution in [1.82, 2.24) is 0 Å². The van der Waals surface area contributed by atoms with Crippen molar-refractivity contribution in [2.24, 2.45) is 0 Å². The van der Waals surface area contributed by atoms with Crippen LogP contribution < -0.4 is 4.74 Å². The molecule has 0 aromatic heterocycles. The molecule has 0 saturated heterocycles. The number of hydrogen-bond donors (Lipinski definition) is 0. The van der Waals surface area contributed by atoms with Crippen molar-refractivity contribution in [3.63, 3.8) is 0 Å². The van der Waals surface area contributed by atoms with Gasteiger partial charge in [-0.2, -0.15) is 0 Å². The molecule has 0 unspecified atom stereocenters. The molecule has 0 bridgehead atoms. The molecular weight excluding hydrogens is 220 g/mol. The van der Waals surface area contributed by atoms with Crippen LogP contribution in [0.4, 0.5) is 0 Å². The fourth-order valence-electron chi connectivity index (χ4n) is 1.55. The summed E-state index contributed by atoms with van der Waals surface area (Å²) in [6, 6.07) is 5.49. The molecule has 0 spiro atoms. The standard InChI is InChI=1S/C13H18O4/c1-4-10-7-6-8-11(17-9-15-3)12(10)13(14)16-5-2/h6-8H,4-5,9H2,1-3H3. The molecule has 4 heteroatoms. The smallest absolute Gasteiger partial charge is 0.342 e. The Hall–Kier alpha value is -1.55. The second-order valence-corrected chi connectivity index (χ2v) is 3.42. The molecule has 17 heavy (non-hydrogen) atoms. The number of esters is 1. The van der Waals surface area contributed by atoms with Crippen LogP contribution in [0.15, 0.2) is 18.2 Å². The van der Waals surface area contributed by atoms with Crippen LogP contribution >= 0.6 is 0 Å². The van der Waals surface area contributed by atoms with Gasteiger partial charge in [0.1, 0.15) is 11.3 Å². The highest BCUT2D eigenvalue weighted by molar-refractivity contribution is 5.94. The van der Waals surface area contributed by atoms with Gasteiger partial charge in [-0.05, 0) is 25.0 Å². The van der Waals surface area contributed by atoms with Gasteiger partial charge in [0.05, 0.1) is 6.61 Å². The number of benzene rings is 1. The normalized spacial score (nSPS) is 10.1. The van der Waals surface area contributed by atoms with Crippen LogP contribution in [-0.2, 0) is 15.9 Å². The van der Waals surface area contributed by atoms with E-state index < -0.39 is 0 Å². The SMILES string of the molecule is CCOC(=O)c1c(CC)cccc1OCOC. The van der Waals surface area contributed by atoms with Crippen molar-refractivity contribution in [3.8, 4) is 5.75 Å². The van der Waals surface area contributed by atoms with Gasteiger partial charge in [-0.25, -0.2) is 4.79 Å². The topological polar surface area (TPSA) is 44.8 Å². The highest BCUT2D eigenvalue weighted by Gasteiger charge is 2.17. The first kappa shape index (κ1) is 13.5. The van der Waals surface area contributed by atoms with E-state index in [1.807, 2.05) is 19.1 Å². The minimum absolute atomic E-state index is 0.111. The van der Waals surface area contributed by atoms with Gasteiger partial charge >= 0.3 is 5.97 Å². The lowest BCUT2D eigenvalue weighted by Gasteiger charge is -2.13. The molecule has 0 aliphatic carbocycles. The Labute approximate surface area is 101 Å². The molecule has 1 aromatic rings. The van der Waals surface area contributed by atoms with E-state index in [1.54, 1.807) is 13.0 Å². The van der Waals surface area contributed by atoms with E-state index >= 15 is 0 Å². The van der Waals surface area contributed by atoms with E-state index in [0.717, 1.165) is 12.0 Å². The Kier molecular flexibility index (Phi) is 5.49. The fourth-order valence-corrected chi connectivity index (χ4v) is 1.55. The first-order valence-corrected chi connectivity index (χ1v) is 5.65. The number of rotatable bonds is 6. The maximum atomic E-state index is 11.9. The lowest BCUT2D eigenvalue weighted by Crippen LogP contribution is -2.11. The fraction of sp³-hybridized carbons (Fsp3) is 0.462. The second kappa shape index (κ2) is 6.91. The molecular formula is C13H18O4. The number of carbonyl (C=O) groups excluding carboxylic acids is 1. The Bertz CT molecular complexity index is 374. The Morgan fingerprint density at radius 3 is 2.65 bits per heavy atom.